The topological polar surface area (TPSA) is 0 Å². The van der Waals surface area contributed by atoms with Crippen LogP contribution in [0.2, 0.25) is 0 Å². The minimum Gasteiger partial charge on any atom is -0.0594 e. The molecule has 0 aromatic carbocycles. The molecule has 2 bridgehead atoms. The molecule has 3 saturated carbocycles. The van der Waals surface area contributed by atoms with Gasteiger partial charge in [0.05, 0.1) is 0 Å². The third kappa shape index (κ3) is 0.625. The molecule has 12 heavy (non-hydrogen) atoms. The van der Waals surface area contributed by atoms with E-state index < -0.39 is 0 Å². The van der Waals surface area contributed by atoms with Crippen LogP contribution < -0.4 is 0 Å². The summed E-state index contributed by atoms with van der Waals surface area (Å²) >= 11 is 0. The third-order valence-electron chi connectivity index (χ3n) is 5.52. The molecule has 0 radical (unpaired) electrons. The van der Waals surface area contributed by atoms with Crippen LogP contribution in [-0.4, -0.2) is 0 Å². The van der Waals surface area contributed by atoms with Gasteiger partial charge in [0.1, 0.15) is 0 Å². The second-order valence-corrected chi connectivity index (χ2v) is 6.12. The van der Waals surface area contributed by atoms with Crippen molar-refractivity contribution in [2.24, 2.45) is 22.7 Å². The summed E-state index contributed by atoms with van der Waals surface area (Å²) in [4.78, 5) is 0. The fourth-order valence-electron chi connectivity index (χ4n) is 4.53. The van der Waals surface area contributed by atoms with Gasteiger partial charge in [0, 0.05) is 0 Å². The predicted molar refractivity (Wildman–Crippen MR) is 50.9 cm³/mol. The zero-order valence-electron chi connectivity index (χ0n) is 8.40. The van der Waals surface area contributed by atoms with Crippen molar-refractivity contribution in [3.05, 3.63) is 0 Å². The Kier molecular flexibility index (Phi) is 1.18. The molecule has 0 amide bonds. The van der Waals surface area contributed by atoms with E-state index in [4.69, 9.17) is 0 Å². The largest absolute Gasteiger partial charge is 0.0594 e. The lowest BCUT2D eigenvalue weighted by Gasteiger charge is -2.59. The number of hydrogen-bond donors (Lipinski definition) is 0. The van der Waals surface area contributed by atoms with Crippen LogP contribution in [0, 0.1) is 22.7 Å². The van der Waals surface area contributed by atoms with Crippen LogP contribution in [0.15, 0.2) is 0 Å². The molecular formula is C12H20. The highest BCUT2D eigenvalue weighted by Gasteiger charge is 2.62. The summed E-state index contributed by atoms with van der Waals surface area (Å²) in [6.45, 7) is 5.02. The molecular weight excluding hydrogens is 144 g/mol. The maximum absolute atomic E-state index is 2.51. The molecule has 0 heterocycles. The second-order valence-electron chi connectivity index (χ2n) is 6.12. The summed E-state index contributed by atoms with van der Waals surface area (Å²) in [5.74, 6) is 2.26. The lowest BCUT2D eigenvalue weighted by molar-refractivity contribution is -0.0957. The van der Waals surface area contributed by atoms with Crippen molar-refractivity contribution in [3.63, 3.8) is 0 Å². The van der Waals surface area contributed by atoms with E-state index in [1.54, 1.807) is 32.1 Å². The van der Waals surface area contributed by atoms with Crippen molar-refractivity contribution in [3.8, 4) is 0 Å². The van der Waals surface area contributed by atoms with Gasteiger partial charge in [-0.05, 0) is 54.8 Å². The highest BCUT2D eigenvalue weighted by molar-refractivity contribution is 5.12. The molecule has 0 nitrogen and oxygen atoms in total. The summed E-state index contributed by atoms with van der Waals surface area (Å²) in [6.07, 6.45) is 9.35. The van der Waals surface area contributed by atoms with E-state index in [1.165, 1.54) is 6.42 Å². The first-order chi connectivity index (χ1) is 5.64. The highest BCUT2D eigenvalue weighted by Crippen LogP contribution is 2.72. The van der Waals surface area contributed by atoms with Crippen LogP contribution in [0.4, 0.5) is 0 Å². The molecule has 0 heteroatoms. The average Bonchev–Trinajstić information content (AvgIpc) is 2.61. The van der Waals surface area contributed by atoms with Gasteiger partial charge >= 0.3 is 0 Å². The lowest BCUT2D eigenvalue weighted by Crippen LogP contribution is -2.50. The van der Waals surface area contributed by atoms with E-state index in [1.807, 2.05) is 0 Å². The van der Waals surface area contributed by atoms with Gasteiger partial charge in [-0.1, -0.05) is 20.3 Å². The second kappa shape index (κ2) is 1.91. The number of hydrogen-bond acceptors (Lipinski definition) is 0. The van der Waals surface area contributed by atoms with Crippen molar-refractivity contribution in [2.75, 3.05) is 0 Å². The van der Waals surface area contributed by atoms with Crippen molar-refractivity contribution in [2.45, 2.75) is 52.4 Å². The summed E-state index contributed by atoms with van der Waals surface area (Å²) in [5, 5.41) is 0. The number of fused-ring (bicyclic) bond motifs is 3. The van der Waals surface area contributed by atoms with Crippen molar-refractivity contribution < 1.29 is 0 Å². The van der Waals surface area contributed by atoms with E-state index in [-0.39, 0.29) is 0 Å². The van der Waals surface area contributed by atoms with Gasteiger partial charge in [0.25, 0.3) is 0 Å². The Morgan fingerprint density at radius 1 is 1.08 bits per heavy atom. The molecule has 3 aliphatic rings. The van der Waals surface area contributed by atoms with E-state index in [0.29, 0.717) is 5.41 Å². The minimum atomic E-state index is 0.701. The van der Waals surface area contributed by atoms with Crippen LogP contribution in [0.1, 0.15) is 52.4 Å². The smallest absolute Gasteiger partial charge is 0.0215 e. The molecule has 3 rings (SSSR count). The summed E-state index contributed by atoms with van der Waals surface area (Å²) < 4.78 is 0. The highest BCUT2D eigenvalue weighted by atomic mass is 14.7. The fraction of sp³-hybridized carbons (Fsp3) is 1.00. The molecule has 3 fully saturated rings. The van der Waals surface area contributed by atoms with Gasteiger partial charge < -0.3 is 0 Å². The van der Waals surface area contributed by atoms with E-state index >= 15 is 0 Å². The van der Waals surface area contributed by atoms with Crippen LogP contribution in [0.5, 0.6) is 0 Å². The van der Waals surface area contributed by atoms with Crippen molar-refractivity contribution in [1.29, 1.82) is 0 Å². The molecule has 3 aliphatic carbocycles. The Morgan fingerprint density at radius 3 is 2.17 bits per heavy atom. The zero-order valence-corrected chi connectivity index (χ0v) is 8.40. The molecule has 68 valence electrons. The Balaban J connectivity index is 1.93. The van der Waals surface area contributed by atoms with Gasteiger partial charge in [0.15, 0.2) is 0 Å². The van der Waals surface area contributed by atoms with E-state index in [2.05, 4.69) is 13.8 Å². The lowest BCUT2D eigenvalue weighted by atomic mass is 9.46. The summed E-state index contributed by atoms with van der Waals surface area (Å²) in [5.41, 5.74) is 1.53. The fourth-order valence-corrected chi connectivity index (χ4v) is 4.53. The SMILES string of the molecule is CC1(C)CCC12CC1CCC2C1. The molecule has 1 spiro atoms. The average molecular weight is 164 g/mol. The first-order valence-electron chi connectivity index (χ1n) is 5.64. The van der Waals surface area contributed by atoms with Crippen LogP contribution >= 0.6 is 0 Å². The first kappa shape index (κ1) is 7.41. The van der Waals surface area contributed by atoms with E-state index in [0.717, 1.165) is 17.3 Å². The predicted octanol–water partition coefficient (Wildman–Crippen LogP) is 3.61. The first-order valence-corrected chi connectivity index (χ1v) is 5.64. The molecule has 0 N–H and O–H groups in total. The minimum absolute atomic E-state index is 0.701. The molecule has 3 atom stereocenters. The molecule has 0 aromatic heterocycles. The molecule has 0 aliphatic heterocycles. The maximum atomic E-state index is 2.51. The quantitative estimate of drug-likeness (QED) is 0.513. The monoisotopic (exact) mass is 164 g/mol. The van der Waals surface area contributed by atoms with E-state index in [9.17, 15) is 0 Å². The molecule has 3 unspecified atom stereocenters. The van der Waals surface area contributed by atoms with Crippen molar-refractivity contribution in [1.82, 2.24) is 0 Å². The summed E-state index contributed by atoms with van der Waals surface area (Å²) in [6, 6.07) is 0. The van der Waals surface area contributed by atoms with Gasteiger partial charge in [-0.25, -0.2) is 0 Å². The summed E-state index contributed by atoms with van der Waals surface area (Å²) in [7, 11) is 0. The molecule has 0 saturated heterocycles. The van der Waals surface area contributed by atoms with Gasteiger partial charge in [-0.15, -0.1) is 0 Å². The van der Waals surface area contributed by atoms with Crippen LogP contribution in [0.3, 0.4) is 0 Å². The Morgan fingerprint density at radius 2 is 1.92 bits per heavy atom. The van der Waals surface area contributed by atoms with Crippen molar-refractivity contribution >= 4 is 0 Å². The Bertz CT molecular complexity index is 216. The van der Waals surface area contributed by atoms with Gasteiger partial charge in [-0.3, -0.25) is 0 Å². The van der Waals surface area contributed by atoms with Crippen LogP contribution in [0.25, 0.3) is 0 Å². The maximum Gasteiger partial charge on any atom is -0.0215 e. The van der Waals surface area contributed by atoms with Crippen LogP contribution in [-0.2, 0) is 0 Å². The molecule has 0 aromatic rings. The third-order valence-corrected chi connectivity index (χ3v) is 5.52. The Labute approximate surface area is 75.7 Å². The zero-order chi connectivity index (χ0) is 8.40. The van der Waals surface area contributed by atoms with Gasteiger partial charge in [0.2, 0.25) is 0 Å². The Hall–Kier alpha value is 0. The van der Waals surface area contributed by atoms with Gasteiger partial charge in [-0.2, -0.15) is 0 Å². The standard InChI is InChI=1S/C12H20/c1-11(2)5-6-12(11)8-9-3-4-10(12)7-9/h9-10H,3-8H2,1-2H3. The normalized spacial score (nSPS) is 54.5. The number of rotatable bonds is 0.